The van der Waals surface area contributed by atoms with Crippen LogP contribution in [0.25, 0.3) is 0 Å². The van der Waals surface area contributed by atoms with Gasteiger partial charge in [-0.25, -0.2) is 4.98 Å². The third-order valence-electron chi connectivity index (χ3n) is 2.75. The number of aromatic nitrogens is 1. The fraction of sp³-hybridized carbons (Fsp3) is 0.538. The average molecular weight is 314 g/mol. The number of nitrogen functional groups attached to an aromatic ring is 1. The number of carbonyl (C=O) groups is 1. The summed E-state index contributed by atoms with van der Waals surface area (Å²) in [6.45, 7) is 4.18. The molecule has 0 aliphatic rings. The van der Waals surface area contributed by atoms with Gasteiger partial charge in [-0.15, -0.1) is 0 Å². The maximum absolute atomic E-state index is 12.1. The van der Waals surface area contributed by atoms with Gasteiger partial charge < -0.3 is 11.1 Å². The number of rotatable bonds is 6. The van der Waals surface area contributed by atoms with E-state index < -0.39 is 0 Å². The highest BCUT2D eigenvalue weighted by Gasteiger charge is 2.18. The van der Waals surface area contributed by atoms with Gasteiger partial charge in [0.2, 0.25) is 5.91 Å². The molecule has 0 radical (unpaired) electrons. The molecule has 4 nitrogen and oxygen atoms in total. The van der Waals surface area contributed by atoms with Crippen molar-refractivity contribution in [1.29, 1.82) is 0 Å². The van der Waals surface area contributed by atoms with Gasteiger partial charge in [-0.1, -0.05) is 26.7 Å². The van der Waals surface area contributed by atoms with Gasteiger partial charge in [-0.3, -0.25) is 4.79 Å². The smallest absolute Gasteiger partial charge is 0.228 e. The Hall–Kier alpha value is -1.10. The number of amides is 1. The Labute approximate surface area is 116 Å². The van der Waals surface area contributed by atoms with Crippen molar-refractivity contribution in [2.45, 2.75) is 39.5 Å². The van der Waals surface area contributed by atoms with E-state index >= 15 is 0 Å². The molecule has 0 aliphatic carbocycles. The lowest BCUT2D eigenvalue weighted by atomic mass is 9.97. The molecule has 0 fully saturated rings. The summed E-state index contributed by atoms with van der Waals surface area (Å²) in [5.41, 5.74) is 6.18. The van der Waals surface area contributed by atoms with Gasteiger partial charge in [-0.2, -0.15) is 0 Å². The molecule has 3 N–H and O–H groups in total. The second-order valence-electron chi connectivity index (χ2n) is 4.36. The van der Waals surface area contributed by atoms with Crippen LogP contribution in [-0.4, -0.2) is 10.9 Å². The molecule has 0 spiro atoms. The lowest BCUT2D eigenvalue weighted by Crippen LogP contribution is -2.23. The predicted octanol–water partition coefficient (Wildman–Crippen LogP) is 3.58. The molecule has 18 heavy (non-hydrogen) atoms. The zero-order valence-corrected chi connectivity index (χ0v) is 12.5. The minimum absolute atomic E-state index is 0.0386. The minimum Gasteiger partial charge on any atom is -0.397 e. The summed E-state index contributed by atoms with van der Waals surface area (Å²) in [6.07, 6.45) is 5.37. The molecule has 5 heteroatoms. The number of nitrogens with zero attached hydrogens (tertiary/aromatic N) is 1. The monoisotopic (exact) mass is 313 g/mol. The second kappa shape index (κ2) is 7.36. The maximum Gasteiger partial charge on any atom is 0.228 e. The molecular weight excluding hydrogens is 294 g/mol. The van der Waals surface area contributed by atoms with E-state index in [1.165, 1.54) is 6.20 Å². The Morgan fingerprint density at radius 2 is 2.06 bits per heavy atom. The second-order valence-corrected chi connectivity index (χ2v) is 5.22. The number of hydrogen-bond donors (Lipinski definition) is 2. The largest absolute Gasteiger partial charge is 0.397 e. The fourth-order valence-corrected chi connectivity index (χ4v) is 2.33. The van der Waals surface area contributed by atoms with Crippen LogP contribution in [0.2, 0.25) is 0 Å². The molecule has 0 saturated heterocycles. The van der Waals surface area contributed by atoms with E-state index in [0.29, 0.717) is 16.0 Å². The highest BCUT2D eigenvalue weighted by molar-refractivity contribution is 9.10. The van der Waals surface area contributed by atoms with Crippen LogP contribution >= 0.6 is 15.9 Å². The molecule has 0 aliphatic heterocycles. The van der Waals surface area contributed by atoms with Crippen molar-refractivity contribution in [2.24, 2.45) is 5.92 Å². The number of pyridine rings is 1. The van der Waals surface area contributed by atoms with Crippen molar-refractivity contribution in [2.75, 3.05) is 11.1 Å². The van der Waals surface area contributed by atoms with Gasteiger partial charge in [0.25, 0.3) is 0 Å². The number of anilines is 2. The summed E-state index contributed by atoms with van der Waals surface area (Å²) >= 11 is 3.35. The van der Waals surface area contributed by atoms with E-state index in [9.17, 15) is 4.79 Å². The quantitative estimate of drug-likeness (QED) is 0.843. The third-order valence-corrected chi connectivity index (χ3v) is 3.35. The van der Waals surface area contributed by atoms with E-state index in [1.54, 1.807) is 6.07 Å². The van der Waals surface area contributed by atoms with E-state index in [4.69, 9.17) is 5.73 Å². The third kappa shape index (κ3) is 4.29. The average Bonchev–Trinajstić information content (AvgIpc) is 2.32. The molecule has 100 valence electrons. The van der Waals surface area contributed by atoms with Crippen LogP contribution in [0, 0.1) is 5.92 Å². The SMILES string of the molecule is CCCC(CCC)C(=O)Nc1ncc(N)cc1Br. The molecule has 0 atom stereocenters. The summed E-state index contributed by atoms with van der Waals surface area (Å²) in [6, 6.07) is 1.73. The number of hydrogen-bond acceptors (Lipinski definition) is 3. The molecule has 0 aromatic carbocycles. The maximum atomic E-state index is 12.1. The summed E-state index contributed by atoms with van der Waals surface area (Å²) in [5.74, 6) is 0.634. The van der Waals surface area contributed by atoms with E-state index in [1.807, 2.05) is 0 Å². The minimum atomic E-state index is 0.0386. The standard InChI is InChI=1S/C13H20BrN3O/c1-3-5-9(6-4-2)13(18)17-12-11(14)7-10(15)8-16-12/h7-9H,3-6,15H2,1-2H3,(H,16,17,18). The zero-order chi connectivity index (χ0) is 13.5. The van der Waals surface area contributed by atoms with Crippen LogP contribution in [0.5, 0.6) is 0 Å². The molecular formula is C13H20BrN3O. The molecule has 0 unspecified atom stereocenters. The number of nitrogens with two attached hydrogens (primary N) is 1. The summed E-state index contributed by atoms with van der Waals surface area (Å²) in [7, 11) is 0. The lowest BCUT2D eigenvalue weighted by molar-refractivity contribution is -0.120. The first-order valence-electron chi connectivity index (χ1n) is 6.30. The van der Waals surface area contributed by atoms with Gasteiger partial charge in [0.05, 0.1) is 16.4 Å². The molecule has 1 heterocycles. The number of carbonyl (C=O) groups excluding carboxylic acids is 1. The lowest BCUT2D eigenvalue weighted by Gasteiger charge is -2.15. The fourth-order valence-electron chi connectivity index (χ4n) is 1.87. The van der Waals surface area contributed by atoms with Crippen molar-refractivity contribution in [3.8, 4) is 0 Å². The molecule has 1 rings (SSSR count). The Kier molecular flexibility index (Phi) is 6.12. The number of halogens is 1. The van der Waals surface area contributed by atoms with E-state index in [2.05, 4.69) is 40.1 Å². The van der Waals surface area contributed by atoms with Gasteiger partial charge in [0.1, 0.15) is 5.82 Å². The Morgan fingerprint density at radius 1 is 1.44 bits per heavy atom. The first-order chi connectivity index (χ1) is 8.58. The van der Waals surface area contributed by atoms with Crippen LogP contribution in [0.15, 0.2) is 16.7 Å². The van der Waals surface area contributed by atoms with Gasteiger partial charge >= 0.3 is 0 Å². The Balaban J connectivity index is 2.72. The molecule has 0 saturated carbocycles. The Morgan fingerprint density at radius 3 is 2.56 bits per heavy atom. The summed E-state index contributed by atoms with van der Waals surface area (Å²) in [4.78, 5) is 16.2. The van der Waals surface area contributed by atoms with Crippen LogP contribution in [0.4, 0.5) is 11.5 Å². The van der Waals surface area contributed by atoms with Gasteiger partial charge in [-0.05, 0) is 34.8 Å². The van der Waals surface area contributed by atoms with Crippen LogP contribution in [0.3, 0.4) is 0 Å². The normalized spacial score (nSPS) is 10.7. The Bertz CT molecular complexity index is 403. The molecule has 1 amide bonds. The highest BCUT2D eigenvalue weighted by atomic mass is 79.9. The first kappa shape index (κ1) is 15.0. The predicted molar refractivity (Wildman–Crippen MR) is 78.3 cm³/mol. The number of nitrogens with one attached hydrogen (secondary N) is 1. The van der Waals surface area contributed by atoms with E-state index in [0.717, 1.165) is 25.7 Å². The van der Waals surface area contributed by atoms with Gasteiger partial charge in [0.15, 0.2) is 0 Å². The van der Waals surface area contributed by atoms with Crippen LogP contribution in [-0.2, 0) is 4.79 Å². The van der Waals surface area contributed by atoms with Crippen molar-refractivity contribution in [1.82, 2.24) is 4.98 Å². The summed E-state index contributed by atoms with van der Waals surface area (Å²) in [5, 5.41) is 2.85. The topological polar surface area (TPSA) is 68.0 Å². The van der Waals surface area contributed by atoms with Crippen molar-refractivity contribution in [3.63, 3.8) is 0 Å². The molecule has 1 aromatic rings. The van der Waals surface area contributed by atoms with Crippen LogP contribution < -0.4 is 11.1 Å². The van der Waals surface area contributed by atoms with Gasteiger partial charge in [0, 0.05) is 5.92 Å². The zero-order valence-electron chi connectivity index (χ0n) is 10.9. The van der Waals surface area contributed by atoms with E-state index in [-0.39, 0.29) is 11.8 Å². The van der Waals surface area contributed by atoms with Crippen LogP contribution in [0.1, 0.15) is 39.5 Å². The summed E-state index contributed by atoms with van der Waals surface area (Å²) < 4.78 is 0.711. The van der Waals surface area contributed by atoms with Crippen molar-refractivity contribution >= 4 is 33.3 Å². The molecule has 1 aromatic heterocycles. The molecule has 0 bridgehead atoms. The first-order valence-corrected chi connectivity index (χ1v) is 7.09. The van der Waals surface area contributed by atoms with Crippen molar-refractivity contribution in [3.05, 3.63) is 16.7 Å². The van der Waals surface area contributed by atoms with Crippen molar-refractivity contribution < 1.29 is 4.79 Å². The highest BCUT2D eigenvalue weighted by Crippen LogP contribution is 2.23.